The lowest BCUT2D eigenvalue weighted by molar-refractivity contribution is -0.142. The van der Waals surface area contributed by atoms with Crippen LogP contribution in [0.5, 0.6) is 0 Å². The lowest BCUT2D eigenvalue weighted by atomic mass is 10.1. The van der Waals surface area contributed by atoms with Crippen molar-refractivity contribution in [3.8, 4) is 0 Å². The van der Waals surface area contributed by atoms with Crippen molar-refractivity contribution in [3.63, 3.8) is 0 Å². The average molecular weight is 205 g/mol. The Hall–Kier alpha value is -1.35. The molecule has 15 heavy (non-hydrogen) atoms. The van der Waals surface area contributed by atoms with Gasteiger partial charge in [0.25, 0.3) is 0 Å². The molecular weight excluding hydrogens is 190 g/mol. The molecule has 1 fully saturated rings. The van der Waals surface area contributed by atoms with E-state index in [9.17, 15) is 4.79 Å². The highest BCUT2D eigenvalue weighted by Crippen LogP contribution is 2.53. The smallest absolute Gasteiger partial charge is 0.309 e. The van der Waals surface area contributed by atoms with E-state index >= 15 is 0 Å². The summed E-state index contributed by atoms with van der Waals surface area (Å²) in [6.07, 6.45) is 0. The Labute approximate surface area is 89.2 Å². The van der Waals surface area contributed by atoms with Gasteiger partial charge in [-0.25, -0.2) is 0 Å². The fourth-order valence-corrected chi connectivity index (χ4v) is 2.25. The van der Waals surface area contributed by atoms with E-state index in [0.29, 0.717) is 6.54 Å². The molecule has 1 aromatic rings. The predicted molar refractivity (Wildman–Crippen MR) is 57.2 cm³/mol. The van der Waals surface area contributed by atoms with Gasteiger partial charge in [-0.05, 0) is 18.0 Å². The van der Waals surface area contributed by atoms with Crippen LogP contribution in [0.4, 0.5) is 0 Å². The van der Waals surface area contributed by atoms with Crippen molar-refractivity contribution < 1.29 is 9.53 Å². The average Bonchev–Trinajstić information content (AvgIpc) is 3.03. The first-order chi connectivity index (χ1) is 7.29. The molecule has 0 heterocycles. The number of hydrogen-bond acceptors (Lipinski definition) is 3. The van der Waals surface area contributed by atoms with E-state index in [-0.39, 0.29) is 23.7 Å². The molecule has 3 unspecified atom stereocenters. The van der Waals surface area contributed by atoms with Crippen LogP contribution in [0.2, 0.25) is 0 Å². The molecule has 0 bridgehead atoms. The van der Waals surface area contributed by atoms with Gasteiger partial charge >= 0.3 is 5.97 Å². The summed E-state index contributed by atoms with van der Waals surface area (Å²) in [6.45, 7) is 0.541. The van der Waals surface area contributed by atoms with E-state index in [2.05, 4.69) is 0 Å². The number of benzene rings is 1. The van der Waals surface area contributed by atoms with Gasteiger partial charge in [-0.2, -0.15) is 0 Å². The summed E-state index contributed by atoms with van der Waals surface area (Å²) in [5.74, 6) is 0.324. The number of rotatable bonds is 3. The highest BCUT2D eigenvalue weighted by molar-refractivity contribution is 5.78. The number of carbonyl (C=O) groups excluding carboxylic acids is 1. The molecule has 3 nitrogen and oxygen atoms in total. The van der Waals surface area contributed by atoms with Crippen molar-refractivity contribution in [3.05, 3.63) is 35.9 Å². The second-order valence-electron chi connectivity index (χ2n) is 3.88. The van der Waals surface area contributed by atoms with E-state index < -0.39 is 0 Å². The van der Waals surface area contributed by atoms with E-state index in [1.165, 1.54) is 12.7 Å². The fourth-order valence-electron chi connectivity index (χ4n) is 2.25. The maximum Gasteiger partial charge on any atom is 0.309 e. The third-order valence-corrected chi connectivity index (χ3v) is 3.10. The zero-order valence-electron chi connectivity index (χ0n) is 8.72. The van der Waals surface area contributed by atoms with Gasteiger partial charge in [0.05, 0.1) is 13.0 Å². The summed E-state index contributed by atoms with van der Waals surface area (Å²) in [4.78, 5) is 11.4. The molecule has 1 aromatic carbocycles. The number of ether oxygens (including phenoxy) is 1. The topological polar surface area (TPSA) is 52.3 Å². The summed E-state index contributed by atoms with van der Waals surface area (Å²) in [5.41, 5.74) is 6.82. The third-order valence-electron chi connectivity index (χ3n) is 3.10. The lowest BCUT2D eigenvalue weighted by Gasteiger charge is -1.98. The monoisotopic (exact) mass is 205 g/mol. The molecule has 3 atom stereocenters. The Morgan fingerprint density at radius 1 is 1.40 bits per heavy atom. The van der Waals surface area contributed by atoms with Gasteiger partial charge in [0.15, 0.2) is 0 Å². The third kappa shape index (κ3) is 1.75. The van der Waals surface area contributed by atoms with Crippen LogP contribution < -0.4 is 5.73 Å². The first-order valence-corrected chi connectivity index (χ1v) is 5.12. The predicted octanol–water partition coefficient (Wildman–Crippen LogP) is 1.15. The van der Waals surface area contributed by atoms with Gasteiger partial charge in [-0.15, -0.1) is 0 Å². The Morgan fingerprint density at radius 3 is 2.60 bits per heavy atom. The largest absolute Gasteiger partial charge is 0.469 e. The second kappa shape index (κ2) is 4.03. The highest BCUT2D eigenvalue weighted by Gasteiger charge is 2.55. The highest BCUT2D eigenvalue weighted by atomic mass is 16.5. The standard InChI is InChI=1S/C12H15NO2/c1-15-12(14)11-9(7-13)10(11)8-5-3-2-4-6-8/h2-6,9-11H,7,13H2,1H3. The Balaban J connectivity index is 2.15. The number of esters is 1. The van der Waals surface area contributed by atoms with Crippen LogP contribution in [0.15, 0.2) is 30.3 Å². The molecular formula is C12H15NO2. The number of hydrogen-bond donors (Lipinski definition) is 1. The maximum atomic E-state index is 11.4. The van der Waals surface area contributed by atoms with E-state index in [0.717, 1.165) is 0 Å². The summed E-state index contributed by atoms with van der Waals surface area (Å²) in [6, 6.07) is 10.0. The van der Waals surface area contributed by atoms with E-state index in [1.54, 1.807) is 0 Å². The van der Waals surface area contributed by atoms with Crippen LogP contribution in [0.25, 0.3) is 0 Å². The molecule has 0 aliphatic heterocycles. The quantitative estimate of drug-likeness (QED) is 0.753. The zero-order chi connectivity index (χ0) is 10.8. The van der Waals surface area contributed by atoms with Gasteiger partial charge < -0.3 is 10.5 Å². The summed E-state index contributed by atoms with van der Waals surface area (Å²) >= 11 is 0. The van der Waals surface area contributed by atoms with Crippen molar-refractivity contribution in [2.24, 2.45) is 17.6 Å². The van der Waals surface area contributed by atoms with Crippen molar-refractivity contribution in [2.45, 2.75) is 5.92 Å². The van der Waals surface area contributed by atoms with Crippen molar-refractivity contribution >= 4 is 5.97 Å². The molecule has 0 aromatic heterocycles. The first-order valence-electron chi connectivity index (χ1n) is 5.12. The molecule has 2 rings (SSSR count). The summed E-state index contributed by atoms with van der Waals surface area (Å²) < 4.78 is 4.76. The number of carbonyl (C=O) groups is 1. The van der Waals surface area contributed by atoms with Crippen LogP contribution in [0, 0.1) is 11.8 Å². The Bertz CT molecular complexity index is 350. The molecule has 2 N–H and O–H groups in total. The molecule has 0 saturated heterocycles. The van der Waals surface area contributed by atoms with Crippen molar-refractivity contribution in [2.75, 3.05) is 13.7 Å². The number of nitrogens with two attached hydrogens (primary N) is 1. The van der Waals surface area contributed by atoms with Gasteiger partial charge in [-0.3, -0.25) is 4.79 Å². The van der Waals surface area contributed by atoms with Gasteiger partial charge in [0.1, 0.15) is 0 Å². The second-order valence-corrected chi connectivity index (χ2v) is 3.88. The zero-order valence-corrected chi connectivity index (χ0v) is 8.72. The normalized spacial score (nSPS) is 28.5. The SMILES string of the molecule is COC(=O)C1C(CN)C1c1ccccc1. The Morgan fingerprint density at radius 2 is 2.07 bits per heavy atom. The summed E-state index contributed by atoms with van der Waals surface area (Å²) in [5, 5.41) is 0. The van der Waals surface area contributed by atoms with Crippen LogP contribution in [0.3, 0.4) is 0 Å². The van der Waals surface area contributed by atoms with Crippen molar-refractivity contribution in [1.82, 2.24) is 0 Å². The molecule has 0 amide bonds. The van der Waals surface area contributed by atoms with E-state index in [1.807, 2.05) is 30.3 Å². The minimum atomic E-state index is -0.140. The molecule has 1 aliphatic carbocycles. The minimum absolute atomic E-state index is 0.0394. The van der Waals surface area contributed by atoms with Crippen LogP contribution in [-0.4, -0.2) is 19.6 Å². The molecule has 1 aliphatic rings. The summed E-state index contributed by atoms with van der Waals surface area (Å²) in [7, 11) is 1.43. The van der Waals surface area contributed by atoms with Crippen LogP contribution >= 0.6 is 0 Å². The minimum Gasteiger partial charge on any atom is -0.469 e. The van der Waals surface area contributed by atoms with Crippen molar-refractivity contribution in [1.29, 1.82) is 0 Å². The van der Waals surface area contributed by atoms with Crippen LogP contribution in [-0.2, 0) is 9.53 Å². The lowest BCUT2D eigenvalue weighted by Crippen LogP contribution is -2.09. The van der Waals surface area contributed by atoms with Crippen LogP contribution in [0.1, 0.15) is 11.5 Å². The molecule has 0 spiro atoms. The van der Waals surface area contributed by atoms with Gasteiger partial charge in [0, 0.05) is 5.92 Å². The van der Waals surface area contributed by atoms with Gasteiger partial charge in [0.2, 0.25) is 0 Å². The van der Waals surface area contributed by atoms with Gasteiger partial charge in [-0.1, -0.05) is 30.3 Å². The maximum absolute atomic E-state index is 11.4. The fraction of sp³-hybridized carbons (Fsp3) is 0.417. The Kier molecular flexibility index (Phi) is 2.73. The van der Waals surface area contributed by atoms with E-state index in [4.69, 9.17) is 10.5 Å². The number of methoxy groups -OCH3 is 1. The molecule has 1 saturated carbocycles. The molecule has 80 valence electrons. The molecule has 3 heteroatoms. The first kappa shape index (κ1) is 10.2. The molecule has 0 radical (unpaired) electrons.